The van der Waals surface area contributed by atoms with Crippen molar-refractivity contribution in [1.82, 2.24) is 0 Å². The molecule has 0 aliphatic heterocycles. The number of hydrogen-bond acceptors (Lipinski definition) is 6. The zero-order valence-electron chi connectivity index (χ0n) is 51.0. The third kappa shape index (κ3) is 63.3. The summed E-state index contributed by atoms with van der Waals surface area (Å²) >= 11 is 0. The molecule has 0 rings (SSSR count). The molecular weight excluding hydrogens is 949 g/mol. The van der Waals surface area contributed by atoms with E-state index in [-0.39, 0.29) is 31.1 Å². The molecule has 0 aliphatic rings. The minimum Gasteiger partial charge on any atom is -0.462 e. The van der Waals surface area contributed by atoms with Gasteiger partial charge in [0.15, 0.2) is 6.10 Å². The van der Waals surface area contributed by atoms with Crippen LogP contribution in [0.4, 0.5) is 0 Å². The van der Waals surface area contributed by atoms with E-state index in [1.165, 1.54) is 173 Å². The molecular formula is C71H124O6. The van der Waals surface area contributed by atoms with Crippen LogP contribution < -0.4 is 0 Å². The standard InChI is InChI=1S/C71H124O6/c1-4-7-10-13-16-19-22-25-28-30-32-33-34-35-36-37-39-40-43-46-49-52-55-58-61-64-70(73)76-67-68(66-75-69(72)63-60-57-54-51-48-45-42-27-24-21-18-15-12-9-6-3)77-71(74)65-62-59-56-53-50-47-44-41-38-31-29-26-23-20-17-14-11-8-5-2/h8,11,17-18,20-21,26-27,29-30,32,38,41-42,68H,4-7,9-10,12-16,19,22-25,28,31,33-37,39-40,43-67H2,1-3H3/b11-8-,20-17-,21-18-,29-26-,32-30-,41-38-,42-27-. The molecule has 444 valence electrons. The molecule has 6 nitrogen and oxygen atoms in total. The number of esters is 3. The predicted octanol–water partition coefficient (Wildman–Crippen LogP) is 22.7. The Balaban J connectivity index is 4.34. The Labute approximate surface area is 477 Å². The van der Waals surface area contributed by atoms with Gasteiger partial charge in [-0.2, -0.15) is 0 Å². The molecule has 0 saturated carbocycles. The van der Waals surface area contributed by atoms with Crippen molar-refractivity contribution in [2.24, 2.45) is 0 Å². The van der Waals surface area contributed by atoms with Crippen molar-refractivity contribution in [3.8, 4) is 0 Å². The number of carbonyl (C=O) groups is 3. The smallest absolute Gasteiger partial charge is 0.306 e. The largest absolute Gasteiger partial charge is 0.462 e. The highest BCUT2D eigenvalue weighted by Crippen LogP contribution is 2.16. The Kier molecular flexibility index (Phi) is 62.2. The van der Waals surface area contributed by atoms with Gasteiger partial charge >= 0.3 is 17.9 Å². The summed E-state index contributed by atoms with van der Waals surface area (Å²) in [5, 5.41) is 0. The minimum atomic E-state index is -0.792. The predicted molar refractivity (Wildman–Crippen MR) is 334 cm³/mol. The third-order valence-electron chi connectivity index (χ3n) is 14.4. The van der Waals surface area contributed by atoms with Gasteiger partial charge in [0.2, 0.25) is 0 Å². The molecule has 0 fully saturated rings. The molecule has 0 heterocycles. The van der Waals surface area contributed by atoms with Crippen LogP contribution in [0, 0.1) is 0 Å². The summed E-state index contributed by atoms with van der Waals surface area (Å²) in [5.74, 6) is -0.901. The molecule has 1 atom stereocenters. The Morgan fingerprint density at radius 2 is 0.506 bits per heavy atom. The minimum absolute atomic E-state index is 0.0857. The summed E-state index contributed by atoms with van der Waals surface area (Å²) in [4.78, 5) is 38.4. The molecule has 0 spiro atoms. The van der Waals surface area contributed by atoms with Crippen molar-refractivity contribution in [2.45, 2.75) is 335 Å². The van der Waals surface area contributed by atoms with Crippen LogP contribution in [0.1, 0.15) is 329 Å². The second-order valence-corrected chi connectivity index (χ2v) is 22.0. The highest BCUT2D eigenvalue weighted by molar-refractivity contribution is 5.71. The number of hydrogen-bond donors (Lipinski definition) is 0. The van der Waals surface area contributed by atoms with Crippen LogP contribution in [0.5, 0.6) is 0 Å². The Hall–Kier alpha value is -3.41. The van der Waals surface area contributed by atoms with E-state index in [1.807, 2.05) is 0 Å². The molecule has 0 aromatic heterocycles. The van der Waals surface area contributed by atoms with Crippen LogP contribution >= 0.6 is 0 Å². The number of carbonyl (C=O) groups excluding carboxylic acids is 3. The first-order valence-electron chi connectivity index (χ1n) is 33.1. The lowest BCUT2D eigenvalue weighted by Crippen LogP contribution is -2.30. The maximum atomic E-state index is 12.9. The fourth-order valence-corrected chi connectivity index (χ4v) is 9.40. The van der Waals surface area contributed by atoms with Gasteiger partial charge in [-0.1, -0.05) is 279 Å². The molecule has 0 saturated heterocycles. The summed E-state index contributed by atoms with van der Waals surface area (Å²) in [5.41, 5.74) is 0. The quantitative estimate of drug-likeness (QED) is 0.0261. The first-order chi connectivity index (χ1) is 38.0. The number of unbranched alkanes of at least 4 members (excludes halogenated alkanes) is 35. The van der Waals surface area contributed by atoms with Gasteiger partial charge in [-0.25, -0.2) is 0 Å². The maximum Gasteiger partial charge on any atom is 0.306 e. The Morgan fingerprint density at radius 1 is 0.273 bits per heavy atom. The summed E-state index contributed by atoms with van der Waals surface area (Å²) in [7, 11) is 0. The monoisotopic (exact) mass is 1070 g/mol. The zero-order valence-corrected chi connectivity index (χ0v) is 51.0. The van der Waals surface area contributed by atoms with Crippen LogP contribution in [0.15, 0.2) is 85.1 Å². The molecule has 0 aromatic carbocycles. The van der Waals surface area contributed by atoms with Crippen molar-refractivity contribution >= 4 is 17.9 Å². The van der Waals surface area contributed by atoms with E-state index in [4.69, 9.17) is 14.2 Å². The molecule has 0 bridgehead atoms. The van der Waals surface area contributed by atoms with Crippen molar-refractivity contribution in [2.75, 3.05) is 13.2 Å². The average molecular weight is 1070 g/mol. The van der Waals surface area contributed by atoms with Gasteiger partial charge in [0.25, 0.3) is 0 Å². The van der Waals surface area contributed by atoms with Gasteiger partial charge in [0, 0.05) is 19.3 Å². The molecule has 77 heavy (non-hydrogen) atoms. The van der Waals surface area contributed by atoms with Crippen LogP contribution in [-0.2, 0) is 28.6 Å². The number of rotatable bonds is 60. The topological polar surface area (TPSA) is 78.9 Å². The van der Waals surface area contributed by atoms with E-state index < -0.39 is 6.10 Å². The molecule has 0 N–H and O–H groups in total. The highest BCUT2D eigenvalue weighted by atomic mass is 16.6. The zero-order chi connectivity index (χ0) is 55.7. The van der Waals surface area contributed by atoms with Crippen LogP contribution in [-0.4, -0.2) is 37.2 Å². The first kappa shape index (κ1) is 73.6. The van der Waals surface area contributed by atoms with Crippen molar-refractivity contribution < 1.29 is 28.6 Å². The second kappa shape index (κ2) is 65.1. The van der Waals surface area contributed by atoms with Gasteiger partial charge in [-0.15, -0.1) is 0 Å². The summed E-state index contributed by atoms with van der Waals surface area (Å²) in [6, 6.07) is 0. The molecule has 1 unspecified atom stereocenters. The maximum absolute atomic E-state index is 12.9. The lowest BCUT2D eigenvalue weighted by atomic mass is 10.0. The molecule has 0 amide bonds. The molecule has 0 radical (unpaired) electrons. The van der Waals surface area contributed by atoms with Crippen LogP contribution in [0.2, 0.25) is 0 Å². The average Bonchev–Trinajstić information content (AvgIpc) is 3.43. The summed E-state index contributed by atoms with van der Waals surface area (Å²) < 4.78 is 16.9. The molecule has 0 aromatic rings. The lowest BCUT2D eigenvalue weighted by molar-refractivity contribution is -0.167. The Morgan fingerprint density at radius 3 is 0.831 bits per heavy atom. The highest BCUT2D eigenvalue weighted by Gasteiger charge is 2.19. The van der Waals surface area contributed by atoms with Gasteiger partial charge in [-0.3, -0.25) is 14.4 Å². The van der Waals surface area contributed by atoms with Gasteiger partial charge in [0.05, 0.1) is 0 Å². The van der Waals surface area contributed by atoms with Gasteiger partial charge < -0.3 is 14.2 Å². The first-order valence-corrected chi connectivity index (χ1v) is 33.1. The molecule has 0 aliphatic carbocycles. The summed E-state index contributed by atoms with van der Waals surface area (Å²) in [6.07, 6.45) is 85.9. The van der Waals surface area contributed by atoms with Gasteiger partial charge in [-0.05, 0) is 116 Å². The fraction of sp³-hybridized carbons (Fsp3) is 0.761. The number of allylic oxidation sites excluding steroid dienone is 14. The van der Waals surface area contributed by atoms with E-state index in [0.29, 0.717) is 19.3 Å². The van der Waals surface area contributed by atoms with E-state index in [1.54, 1.807) is 0 Å². The van der Waals surface area contributed by atoms with E-state index in [2.05, 4.69) is 106 Å². The van der Waals surface area contributed by atoms with Crippen molar-refractivity contribution in [3.05, 3.63) is 85.1 Å². The summed E-state index contributed by atoms with van der Waals surface area (Å²) in [6.45, 7) is 6.51. The number of ether oxygens (including phenoxy) is 3. The van der Waals surface area contributed by atoms with E-state index in [0.717, 1.165) is 116 Å². The normalized spacial score (nSPS) is 12.6. The SMILES string of the molecule is CC/C=C\C/C=C\C/C=C\C/C=C\CCCCCCCCC(=O)OC(COC(=O)CCCCCCC/C=C\C/C=C\CCCCC)COC(=O)CCCCCCCCCCCCCCC/C=C\CCCCCCCCCC. The van der Waals surface area contributed by atoms with Crippen LogP contribution in [0.25, 0.3) is 0 Å². The van der Waals surface area contributed by atoms with E-state index in [9.17, 15) is 14.4 Å². The van der Waals surface area contributed by atoms with Crippen molar-refractivity contribution in [3.63, 3.8) is 0 Å². The van der Waals surface area contributed by atoms with Crippen LogP contribution in [0.3, 0.4) is 0 Å². The molecule has 6 heteroatoms. The van der Waals surface area contributed by atoms with E-state index >= 15 is 0 Å². The third-order valence-corrected chi connectivity index (χ3v) is 14.4. The Bertz CT molecular complexity index is 1470. The lowest BCUT2D eigenvalue weighted by Gasteiger charge is -2.18. The van der Waals surface area contributed by atoms with Gasteiger partial charge in [0.1, 0.15) is 13.2 Å². The second-order valence-electron chi connectivity index (χ2n) is 22.0. The van der Waals surface area contributed by atoms with Crippen molar-refractivity contribution in [1.29, 1.82) is 0 Å². The fourth-order valence-electron chi connectivity index (χ4n) is 9.40.